The normalized spacial score (nSPS) is 22.9. The summed E-state index contributed by atoms with van der Waals surface area (Å²) in [5.41, 5.74) is 0. The van der Waals surface area contributed by atoms with Crippen molar-refractivity contribution >= 4 is 21.8 Å². The third kappa shape index (κ3) is 3.86. The van der Waals surface area contributed by atoms with Crippen LogP contribution in [0.3, 0.4) is 0 Å². The molecule has 0 bridgehead atoms. The van der Waals surface area contributed by atoms with E-state index >= 15 is 0 Å². The van der Waals surface area contributed by atoms with Gasteiger partial charge in [0.1, 0.15) is 0 Å². The largest absolute Gasteiger partial charge is 0.389 e. The Morgan fingerprint density at radius 2 is 2.14 bits per heavy atom. The van der Waals surface area contributed by atoms with Gasteiger partial charge in [-0.3, -0.25) is 4.79 Å². The molecule has 14 heavy (non-hydrogen) atoms. The average Bonchev–Trinajstić information content (AvgIpc) is 2.46. The summed E-state index contributed by atoms with van der Waals surface area (Å²) in [5.74, 6) is -0.399. The number of carbonyl (C=O) groups excluding carboxylic acids is 1. The van der Waals surface area contributed by atoms with Crippen molar-refractivity contribution in [3.63, 3.8) is 0 Å². The number of nitrogens with zero attached hydrogens (tertiary/aromatic N) is 1. The van der Waals surface area contributed by atoms with E-state index in [0.717, 1.165) is 6.42 Å². The quantitative estimate of drug-likeness (QED) is 0.708. The summed E-state index contributed by atoms with van der Waals surface area (Å²) in [7, 11) is 0. The Bertz CT molecular complexity index is 219. The maximum Gasteiger partial charge on any atom is 0.389 e. The van der Waals surface area contributed by atoms with Gasteiger partial charge in [0.05, 0.1) is 6.42 Å². The third-order valence-corrected chi connectivity index (χ3v) is 2.85. The summed E-state index contributed by atoms with van der Waals surface area (Å²) in [6.45, 7) is 1.09. The van der Waals surface area contributed by atoms with Gasteiger partial charge in [-0.1, -0.05) is 15.9 Å². The molecule has 1 aliphatic heterocycles. The average molecular weight is 274 g/mol. The smallest absolute Gasteiger partial charge is 0.342 e. The molecule has 0 spiro atoms. The molecule has 1 heterocycles. The molecular formula is C8H11BrF3NO. The van der Waals surface area contributed by atoms with E-state index in [1.165, 1.54) is 4.90 Å². The number of likely N-dealkylation sites (tertiary alicyclic amines) is 1. The van der Waals surface area contributed by atoms with Gasteiger partial charge in [-0.05, 0) is 6.42 Å². The first-order valence-electron chi connectivity index (χ1n) is 4.37. The van der Waals surface area contributed by atoms with Gasteiger partial charge in [-0.15, -0.1) is 0 Å². The number of amides is 1. The van der Waals surface area contributed by atoms with Crippen molar-refractivity contribution in [3.05, 3.63) is 0 Å². The van der Waals surface area contributed by atoms with E-state index in [1.807, 2.05) is 0 Å². The summed E-state index contributed by atoms with van der Waals surface area (Å²) in [4.78, 5) is 13.0. The lowest BCUT2D eigenvalue weighted by atomic mass is 10.3. The van der Waals surface area contributed by atoms with E-state index < -0.39 is 24.9 Å². The van der Waals surface area contributed by atoms with Crippen LogP contribution in [-0.4, -0.2) is 34.9 Å². The fourth-order valence-corrected chi connectivity index (χ4v) is 1.91. The molecule has 0 aromatic rings. The lowest BCUT2D eigenvalue weighted by Crippen LogP contribution is -2.29. The zero-order valence-corrected chi connectivity index (χ0v) is 9.07. The van der Waals surface area contributed by atoms with Crippen molar-refractivity contribution in [2.24, 2.45) is 0 Å². The van der Waals surface area contributed by atoms with Gasteiger partial charge in [0.15, 0.2) is 0 Å². The standard InChI is InChI=1S/C8H11BrF3NO/c9-6-2-4-13(5-6)7(14)1-3-8(10,11)12/h6H,1-5H2. The van der Waals surface area contributed by atoms with Crippen molar-refractivity contribution in [2.45, 2.75) is 30.3 Å². The molecule has 1 saturated heterocycles. The summed E-state index contributed by atoms with van der Waals surface area (Å²) in [5, 5.41) is 0. The minimum absolute atomic E-state index is 0.234. The maximum atomic E-state index is 11.8. The lowest BCUT2D eigenvalue weighted by molar-refractivity contribution is -0.148. The Labute approximate surface area is 88.6 Å². The Kier molecular flexibility index (Phi) is 3.80. The minimum Gasteiger partial charge on any atom is -0.342 e. The van der Waals surface area contributed by atoms with E-state index in [4.69, 9.17) is 0 Å². The predicted octanol–water partition coefficient (Wildman–Crippen LogP) is 2.32. The van der Waals surface area contributed by atoms with Crippen molar-refractivity contribution in [1.29, 1.82) is 0 Å². The van der Waals surface area contributed by atoms with E-state index in [0.29, 0.717) is 13.1 Å². The monoisotopic (exact) mass is 273 g/mol. The summed E-state index contributed by atoms with van der Waals surface area (Å²) in [6, 6.07) is 0. The summed E-state index contributed by atoms with van der Waals surface area (Å²) in [6.07, 6.45) is -4.86. The molecule has 2 nitrogen and oxygen atoms in total. The highest BCUT2D eigenvalue weighted by Crippen LogP contribution is 2.23. The number of halogens is 4. The van der Waals surface area contributed by atoms with Gasteiger partial charge in [0, 0.05) is 24.3 Å². The molecule has 1 rings (SSSR count). The second-order valence-electron chi connectivity index (χ2n) is 3.34. The van der Waals surface area contributed by atoms with Crippen LogP contribution < -0.4 is 0 Å². The van der Waals surface area contributed by atoms with Gasteiger partial charge in [-0.25, -0.2) is 0 Å². The van der Waals surface area contributed by atoms with Crippen LogP contribution in [0.2, 0.25) is 0 Å². The van der Waals surface area contributed by atoms with Gasteiger partial charge < -0.3 is 4.90 Å². The molecule has 0 radical (unpaired) electrons. The molecule has 6 heteroatoms. The fourth-order valence-electron chi connectivity index (χ4n) is 1.35. The van der Waals surface area contributed by atoms with Crippen molar-refractivity contribution in [1.82, 2.24) is 4.90 Å². The first-order valence-corrected chi connectivity index (χ1v) is 5.28. The van der Waals surface area contributed by atoms with Crippen LogP contribution in [0.5, 0.6) is 0 Å². The Morgan fingerprint density at radius 1 is 1.50 bits per heavy atom. The molecular weight excluding hydrogens is 263 g/mol. The number of hydrogen-bond donors (Lipinski definition) is 0. The van der Waals surface area contributed by atoms with E-state index in [-0.39, 0.29) is 4.83 Å². The molecule has 82 valence electrons. The summed E-state index contributed by atoms with van der Waals surface area (Å²) < 4.78 is 35.4. The van der Waals surface area contributed by atoms with Crippen molar-refractivity contribution < 1.29 is 18.0 Å². The SMILES string of the molecule is O=C(CCC(F)(F)F)N1CCC(Br)C1. The van der Waals surface area contributed by atoms with Crippen LogP contribution in [0.15, 0.2) is 0 Å². The fraction of sp³-hybridized carbons (Fsp3) is 0.875. The zero-order chi connectivity index (χ0) is 10.8. The second-order valence-corrected chi connectivity index (χ2v) is 4.64. The molecule has 0 aliphatic carbocycles. The molecule has 1 amide bonds. The molecule has 1 aliphatic rings. The van der Waals surface area contributed by atoms with E-state index in [2.05, 4.69) is 15.9 Å². The molecule has 0 aromatic carbocycles. The van der Waals surface area contributed by atoms with Crippen LogP contribution in [0, 0.1) is 0 Å². The third-order valence-electron chi connectivity index (χ3n) is 2.11. The molecule has 1 fully saturated rings. The van der Waals surface area contributed by atoms with Gasteiger partial charge in [0.2, 0.25) is 5.91 Å². The molecule has 1 unspecified atom stereocenters. The molecule has 0 aromatic heterocycles. The topological polar surface area (TPSA) is 20.3 Å². The van der Waals surface area contributed by atoms with Crippen LogP contribution in [0.1, 0.15) is 19.3 Å². The maximum absolute atomic E-state index is 11.8. The van der Waals surface area contributed by atoms with Crippen LogP contribution >= 0.6 is 15.9 Å². The number of hydrogen-bond acceptors (Lipinski definition) is 1. The molecule has 0 saturated carbocycles. The van der Waals surface area contributed by atoms with Crippen LogP contribution in [0.25, 0.3) is 0 Å². The van der Waals surface area contributed by atoms with E-state index in [9.17, 15) is 18.0 Å². The first-order chi connectivity index (χ1) is 6.38. The number of rotatable bonds is 2. The zero-order valence-electron chi connectivity index (χ0n) is 7.48. The molecule has 0 N–H and O–H groups in total. The van der Waals surface area contributed by atoms with Gasteiger partial charge in [-0.2, -0.15) is 13.2 Å². The lowest BCUT2D eigenvalue weighted by Gasteiger charge is -2.15. The predicted molar refractivity (Wildman–Crippen MR) is 49.2 cm³/mol. The van der Waals surface area contributed by atoms with Gasteiger partial charge in [0.25, 0.3) is 0 Å². The Balaban J connectivity index is 2.29. The van der Waals surface area contributed by atoms with Crippen LogP contribution in [-0.2, 0) is 4.79 Å². The highest BCUT2D eigenvalue weighted by Gasteiger charge is 2.30. The second kappa shape index (κ2) is 4.51. The number of carbonyl (C=O) groups is 1. The molecule has 1 atom stereocenters. The summed E-state index contributed by atoms with van der Waals surface area (Å²) >= 11 is 3.32. The first kappa shape index (κ1) is 11.8. The Morgan fingerprint density at radius 3 is 2.57 bits per heavy atom. The highest BCUT2D eigenvalue weighted by atomic mass is 79.9. The highest BCUT2D eigenvalue weighted by molar-refractivity contribution is 9.09. The van der Waals surface area contributed by atoms with E-state index in [1.54, 1.807) is 0 Å². The Hall–Kier alpha value is -0.260. The van der Waals surface area contributed by atoms with Gasteiger partial charge >= 0.3 is 6.18 Å². The van der Waals surface area contributed by atoms with Crippen LogP contribution in [0.4, 0.5) is 13.2 Å². The number of alkyl halides is 4. The van der Waals surface area contributed by atoms with Crippen molar-refractivity contribution in [2.75, 3.05) is 13.1 Å². The minimum atomic E-state index is -4.23. The van der Waals surface area contributed by atoms with Crippen molar-refractivity contribution in [3.8, 4) is 0 Å².